The molecule has 0 aliphatic heterocycles. The topological polar surface area (TPSA) is 94.3 Å². The Kier molecular flexibility index (Phi) is 5.77. The van der Waals surface area contributed by atoms with Crippen LogP contribution in [0, 0.1) is 10.1 Å². The van der Waals surface area contributed by atoms with Gasteiger partial charge >= 0.3 is 11.6 Å². The smallest absolute Gasteiger partial charge is 0.373 e. The fourth-order valence-electron chi connectivity index (χ4n) is 3.72. The molecule has 2 heterocycles. The van der Waals surface area contributed by atoms with E-state index in [4.69, 9.17) is 4.74 Å². The normalized spacial score (nSPS) is 10.7. The first-order valence-electron chi connectivity index (χ1n) is 10.6. The van der Waals surface area contributed by atoms with Crippen LogP contribution < -0.4 is 9.64 Å². The van der Waals surface area contributed by atoms with Crippen molar-refractivity contribution in [2.75, 3.05) is 4.90 Å². The highest BCUT2D eigenvalue weighted by Crippen LogP contribution is 2.40. The van der Waals surface area contributed by atoms with Gasteiger partial charge in [0.15, 0.2) is 0 Å². The number of aromatic nitrogens is 3. The van der Waals surface area contributed by atoms with E-state index in [1.807, 2.05) is 72.8 Å². The maximum absolute atomic E-state index is 12.3. The molecule has 166 valence electrons. The Balaban J connectivity index is 1.63. The van der Waals surface area contributed by atoms with E-state index in [0.717, 1.165) is 16.3 Å². The van der Waals surface area contributed by atoms with Crippen LogP contribution in [0.1, 0.15) is 5.56 Å². The third kappa shape index (κ3) is 4.24. The molecule has 2 aromatic heterocycles. The van der Waals surface area contributed by atoms with Gasteiger partial charge in [-0.1, -0.05) is 72.8 Å². The highest BCUT2D eigenvalue weighted by molar-refractivity contribution is 5.88. The average Bonchev–Trinajstić information content (AvgIpc) is 2.88. The second kappa shape index (κ2) is 9.33. The van der Waals surface area contributed by atoms with Crippen molar-refractivity contribution >= 4 is 28.1 Å². The molecule has 0 atom stereocenters. The molecule has 5 rings (SSSR count). The Morgan fingerprint density at radius 2 is 1.59 bits per heavy atom. The van der Waals surface area contributed by atoms with Gasteiger partial charge in [0.1, 0.15) is 17.9 Å². The SMILES string of the molecule is O=[N+]([O-])c1c(Oc2cccc3ccccc23)ncnc1N(Cc1ccccc1)c1ccccn1. The summed E-state index contributed by atoms with van der Waals surface area (Å²) in [4.78, 5) is 26.3. The minimum absolute atomic E-state index is 0.0952. The number of hydrogen-bond donors (Lipinski definition) is 0. The molecule has 0 fully saturated rings. The van der Waals surface area contributed by atoms with Crippen LogP contribution >= 0.6 is 0 Å². The summed E-state index contributed by atoms with van der Waals surface area (Å²) in [5, 5.41) is 14.1. The van der Waals surface area contributed by atoms with Gasteiger partial charge in [0.25, 0.3) is 0 Å². The number of benzene rings is 3. The minimum Gasteiger partial charge on any atom is -0.433 e. The molecule has 0 spiro atoms. The highest BCUT2D eigenvalue weighted by Gasteiger charge is 2.30. The summed E-state index contributed by atoms with van der Waals surface area (Å²) < 4.78 is 6.02. The second-order valence-electron chi connectivity index (χ2n) is 7.45. The average molecular weight is 449 g/mol. The van der Waals surface area contributed by atoms with Gasteiger partial charge in [0.2, 0.25) is 5.82 Å². The van der Waals surface area contributed by atoms with Gasteiger partial charge in [0, 0.05) is 11.6 Å². The quantitative estimate of drug-likeness (QED) is 0.220. The number of pyridine rings is 1. The lowest BCUT2D eigenvalue weighted by atomic mass is 10.1. The van der Waals surface area contributed by atoms with Crippen molar-refractivity contribution in [2.45, 2.75) is 6.54 Å². The van der Waals surface area contributed by atoms with Crippen molar-refractivity contribution in [1.82, 2.24) is 15.0 Å². The van der Waals surface area contributed by atoms with Crippen LogP contribution in [0.15, 0.2) is 104 Å². The molecule has 0 N–H and O–H groups in total. The van der Waals surface area contributed by atoms with Crippen LogP contribution in [0.5, 0.6) is 11.6 Å². The van der Waals surface area contributed by atoms with Crippen molar-refractivity contribution < 1.29 is 9.66 Å². The molecule has 8 nitrogen and oxygen atoms in total. The molecule has 5 aromatic rings. The molecule has 8 heteroatoms. The molecule has 0 radical (unpaired) electrons. The monoisotopic (exact) mass is 449 g/mol. The summed E-state index contributed by atoms with van der Waals surface area (Å²) in [5.41, 5.74) is 0.606. The zero-order valence-corrected chi connectivity index (χ0v) is 18.0. The predicted octanol–water partition coefficient (Wildman–Crippen LogP) is 6.06. The number of fused-ring (bicyclic) bond motifs is 1. The number of hydrogen-bond acceptors (Lipinski definition) is 7. The Labute approximate surface area is 195 Å². The third-order valence-electron chi connectivity index (χ3n) is 5.27. The zero-order valence-electron chi connectivity index (χ0n) is 18.0. The Bertz CT molecular complexity index is 1440. The maximum atomic E-state index is 12.3. The zero-order chi connectivity index (χ0) is 23.3. The molecule has 0 aliphatic carbocycles. The van der Waals surface area contributed by atoms with E-state index in [1.165, 1.54) is 6.33 Å². The molecule has 0 unspecified atom stereocenters. The van der Waals surface area contributed by atoms with Crippen LogP contribution in [0.4, 0.5) is 17.3 Å². The number of nitrogens with zero attached hydrogens (tertiary/aromatic N) is 5. The number of nitro groups is 1. The van der Waals surface area contributed by atoms with Crippen LogP contribution in [-0.4, -0.2) is 19.9 Å². The van der Waals surface area contributed by atoms with Gasteiger partial charge in [-0.05, 0) is 29.1 Å². The second-order valence-corrected chi connectivity index (χ2v) is 7.45. The Morgan fingerprint density at radius 1 is 0.824 bits per heavy atom. The lowest BCUT2D eigenvalue weighted by Crippen LogP contribution is -2.20. The van der Waals surface area contributed by atoms with E-state index in [2.05, 4.69) is 15.0 Å². The first-order chi connectivity index (χ1) is 16.7. The van der Waals surface area contributed by atoms with Gasteiger partial charge in [-0.25, -0.2) is 9.97 Å². The van der Waals surface area contributed by atoms with Gasteiger partial charge < -0.3 is 9.64 Å². The van der Waals surface area contributed by atoms with E-state index in [-0.39, 0.29) is 17.4 Å². The largest absolute Gasteiger partial charge is 0.433 e. The van der Waals surface area contributed by atoms with Crippen LogP contribution in [0.25, 0.3) is 10.8 Å². The lowest BCUT2D eigenvalue weighted by molar-refractivity contribution is -0.385. The summed E-state index contributed by atoms with van der Waals surface area (Å²) >= 11 is 0. The first-order valence-corrected chi connectivity index (χ1v) is 10.6. The fraction of sp³-hybridized carbons (Fsp3) is 0.0385. The van der Waals surface area contributed by atoms with Crippen LogP contribution in [0.2, 0.25) is 0 Å². The van der Waals surface area contributed by atoms with E-state index >= 15 is 0 Å². The van der Waals surface area contributed by atoms with Crippen molar-refractivity contribution in [3.63, 3.8) is 0 Å². The summed E-state index contributed by atoms with van der Waals surface area (Å²) in [7, 11) is 0. The molecule has 0 saturated heterocycles. The fourth-order valence-corrected chi connectivity index (χ4v) is 3.72. The number of rotatable bonds is 7. The first kappa shape index (κ1) is 21.0. The summed E-state index contributed by atoms with van der Waals surface area (Å²) in [5.74, 6) is 0.945. The number of anilines is 2. The molecule has 0 saturated carbocycles. The summed E-state index contributed by atoms with van der Waals surface area (Å²) in [6.45, 7) is 0.323. The third-order valence-corrected chi connectivity index (χ3v) is 5.27. The molecule has 0 bridgehead atoms. The molecule has 0 aliphatic rings. The molecular weight excluding hydrogens is 430 g/mol. The minimum atomic E-state index is -0.517. The van der Waals surface area contributed by atoms with Gasteiger partial charge in [0.05, 0.1) is 11.5 Å². The molecular formula is C26H19N5O3. The lowest BCUT2D eigenvalue weighted by Gasteiger charge is -2.23. The predicted molar refractivity (Wildman–Crippen MR) is 129 cm³/mol. The van der Waals surface area contributed by atoms with Crippen molar-refractivity contribution in [1.29, 1.82) is 0 Å². The van der Waals surface area contributed by atoms with Gasteiger partial charge in [-0.3, -0.25) is 10.1 Å². The van der Waals surface area contributed by atoms with Crippen molar-refractivity contribution in [2.24, 2.45) is 0 Å². The van der Waals surface area contributed by atoms with Crippen molar-refractivity contribution in [3.8, 4) is 11.6 Å². The Hall–Kier alpha value is -4.85. The van der Waals surface area contributed by atoms with E-state index < -0.39 is 4.92 Å². The van der Waals surface area contributed by atoms with Crippen LogP contribution in [-0.2, 0) is 6.54 Å². The van der Waals surface area contributed by atoms with Crippen LogP contribution in [0.3, 0.4) is 0 Å². The molecule has 34 heavy (non-hydrogen) atoms. The summed E-state index contributed by atoms with van der Waals surface area (Å²) in [6.07, 6.45) is 2.90. The Morgan fingerprint density at radius 3 is 2.38 bits per heavy atom. The number of ether oxygens (including phenoxy) is 1. The standard InChI is InChI=1S/C26H19N5O3/c32-31(33)24-25(30(23-15-6-7-16-27-23)17-19-9-2-1-3-10-19)28-18-29-26(24)34-22-14-8-12-20-11-4-5-13-21(20)22/h1-16,18H,17H2. The van der Waals surface area contributed by atoms with E-state index in [9.17, 15) is 10.1 Å². The maximum Gasteiger partial charge on any atom is 0.373 e. The van der Waals surface area contributed by atoms with Gasteiger partial charge in [-0.2, -0.15) is 4.98 Å². The van der Waals surface area contributed by atoms with Gasteiger partial charge in [-0.15, -0.1) is 0 Å². The molecule has 0 amide bonds. The van der Waals surface area contributed by atoms with Crippen molar-refractivity contribution in [3.05, 3.63) is 119 Å². The highest BCUT2D eigenvalue weighted by atomic mass is 16.6. The van der Waals surface area contributed by atoms with E-state index in [1.54, 1.807) is 29.3 Å². The summed E-state index contributed by atoms with van der Waals surface area (Å²) in [6, 6.07) is 28.2. The van der Waals surface area contributed by atoms with E-state index in [0.29, 0.717) is 18.1 Å². The molecule has 3 aromatic carbocycles.